The van der Waals surface area contributed by atoms with Crippen LogP contribution in [-0.4, -0.2) is 9.78 Å². The summed E-state index contributed by atoms with van der Waals surface area (Å²) in [5, 5.41) is 4.62. The molecule has 2 aromatic carbocycles. The van der Waals surface area contributed by atoms with Gasteiger partial charge in [-0.1, -0.05) is 46.3 Å². The lowest BCUT2D eigenvalue weighted by Gasteiger charge is -2.05. The Balaban J connectivity index is 2.12. The first-order chi connectivity index (χ1) is 9.66. The average molecular weight is 328 g/mol. The van der Waals surface area contributed by atoms with E-state index < -0.39 is 0 Å². The van der Waals surface area contributed by atoms with Gasteiger partial charge >= 0.3 is 0 Å². The van der Waals surface area contributed by atoms with Crippen molar-refractivity contribution in [3.05, 3.63) is 64.6 Å². The number of halogens is 1. The minimum atomic E-state index is 0.630. The van der Waals surface area contributed by atoms with Crippen LogP contribution in [0.5, 0.6) is 0 Å². The number of benzene rings is 2. The molecule has 2 N–H and O–H groups in total. The summed E-state index contributed by atoms with van der Waals surface area (Å²) in [6, 6.07) is 17.9. The number of rotatable bonds is 2. The Kier molecular flexibility index (Phi) is 3.32. The number of para-hydroxylation sites is 1. The molecule has 3 aromatic rings. The third-order valence-corrected chi connectivity index (χ3v) is 4.14. The third-order valence-electron chi connectivity index (χ3n) is 3.28. The van der Waals surface area contributed by atoms with E-state index in [-0.39, 0.29) is 0 Å². The van der Waals surface area contributed by atoms with E-state index in [1.165, 1.54) is 0 Å². The minimum Gasteiger partial charge on any atom is -0.384 e. The van der Waals surface area contributed by atoms with Crippen molar-refractivity contribution in [3.63, 3.8) is 0 Å². The molecule has 0 unspecified atom stereocenters. The van der Waals surface area contributed by atoms with E-state index in [0.29, 0.717) is 5.82 Å². The molecule has 0 aliphatic heterocycles. The van der Waals surface area contributed by atoms with Crippen molar-refractivity contribution in [2.24, 2.45) is 0 Å². The van der Waals surface area contributed by atoms with Gasteiger partial charge in [-0.2, -0.15) is 5.10 Å². The number of hydrogen-bond acceptors (Lipinski definition) is 2. The molecule has 0 spiro atoms. The minimum absolute atomic E-state index is 0.630. The maximum absolute atomic E-state index is 6.09. The zero-order valence-electron chi connectivity index (χ0n) is 11.0. The van der Waals surface area contributed by atoms with E-state index in [9.17, 15) is 0 Å². The van der Waals surface area contributed by atoms with Crippen LogP contribution in [0.4, 0.5) is 5.82 Å². The van der Waals surface area contributed by atoms with E-state index in [1.807, 2.05) is 48.5 Å². The van der Waals surface area contributed by atoms with Crippen molar-refractivity contribution in [3.8, 4) is 16.9 Å². The molecule has 4 heteroatoms. The highest BCUT2D eigenvalue weighted by Gasteiger charge is 2.11. The fraction of sp³-hybridized carbons (Fsp3) is 0.0625. The van der Waals surface area contributed by atoms with Crippen molar-refractivity contribution in [2.75, 3.05) is 5.73 Å². The van der Waals surface area contributed by atoms with Crippen LogP contribution >= 0.6 is 15.9 Å². The summed E-state index contributed by atoms with van der Waals surface area (Å²) in [5.74, 6) is 0.630. The number of nitrogens with two attached hydrogens (primary N) is 1. The molecule has 100 valence electrons. The molecule has 0 aliphatic carbocycles. The van der Waals surface area contributed by atoms with Gasteiger partial charge in [0.2, 0.25) is 0 Å². The second kappa shape index (κ2) is 5.13. The highest BCUT2D eigenvalue weighted by molar-refractivity contribution is 9.10. The van der Waals surface area contributed by atoms with Gasteiger partial charge in [0.25, 0.3) is 0 Å². The maximum Gasteiger partial charge on any atom is 0.127 e. The second-order valence-corrected chi connectivity index (χ2v) is 5.47. The zero-order valence-corrected chi connectivity index (χ0v) is 12.6. The van der Waals surface area contributed by atoms with Crippen LogP contribution in [0, 0.1) is 6.92 Å². The molecule has 0 bridgehead atoms. The van der Waals surface area contributed by atoms with Crippen LogP contribution in [0.25, 0.3) is 16.9 Å². The third kappa shape index (κ3) is 2.23. The standard InChI is InChI=1S/C16H14BrN3/c1-11-13(8-5-9-14(11)17)15-10-16(18)20(19-15)12-6-3-2-4-7-12/h2-10H,18H2,1H3. The van der Waals surface area contributed by atoms with Crippen molar-refractivity contribution >= 4 is 21.7 Å². The first-order valence-corrected chi connectivity index (χ1v) is 7.12. The first-order valence-electron chi connectivity index (χ1n) is 6.33. The van der Waals surface area contributed by atoms with Gasteiger partial charge < -0.3 is 5.73 Å². The lowest BCUT2D eigenvalue weighted by molar-refractivity contribution is 0.895. The van der Waals surface area contributed by atoms with Gasteiger partial charge in [-0.15, -0.1) is 0 Å². The molecular formula is C16H14BrN3. The van der Waals surface area contributed by atoms with Gasteiger partial charge in [-0.3, -0.25) is 0 Å². The highest BCUT2D eigenvalue weighted by Crippen LogP contribution is 2.29. The Hall–Kier alpha value is -2.07. The Labute approximate surface area is 126 Å². The van der Waals surface area contributed by atoms with Gasteiger partial charge in [0.15, 0.2) is 0 Å². The Morgan fingerprint density at radius 2 is 1.80 bits per heavy atom. The van der Waals surface area contributed by atoms with Crippen molar-refractivity contribution in [1.82, 2.24) is 9.78 Å². The number of anilines is 1. The predicted octanol–water partition coefficient (Wildman–Crippen LogP) is 4.19. The van der Waals surface area contributed by atoms with Crippen LogP contribution < -0.4 is 5.73 Å². The summed E-state index contributed by atoms with van der Waals surface area (Å²) in [6.07, 6.45) is 0. The Morgan fingerprint density at radius 3 is 2.55 bits per heavy atom. The van der Waals surface area contributed by atoms with Gasteiger partial charge in [0.05, 0.1) is 11.4 Å². The first kappa shape index (κ1) is 12.9. The lowest BCUT2D eigenvalue weighted by Crippen LogP contribution is -2.01. The molecule has 0 aliphatic rings. The fourth-order valence-electron chi connectivity index (χ4n) is 2.19. The lowest BCUT2D eigenvalue weighted by atomic mass is 10.1. The van der Waals surface area contributed by atoms with E-state index in [2.05, 4.69) is 34.0 Å². The summed E-state index contributed by atoms with van der Waals surface area (Å²) < 4.78 is 2.83. The van der Waals surface area contributed by atoms with E-state index in [1.54, 1.807) is 4.68 Å². The largest absolute Gasteiger partial charge is 0.384 e. The monoisotopic (exact) mass is 327 g/mol. The van der Waals surface area contributed by atoms with Crippen LogP contribution in [0.2, 0.25) is 0 Å². The van der Waals surface area contributed by atoms with Crippen LogP contribution in [0.3, 0.4) is 0 Å². The summed E-state index contributed by atoms with van der Waals surface area (Å²) >= 11 is 3.55. The van der Waals surface area contributed by atoms with Crippen molar-refractivity contribution < 1.29 is 0 Å². The maximum atomic E-state index is 6.09. The predicted molar refractivity (Wildman–Crippen MR) is 85.8 cm³/mol. The molecule has 0 radical (unpaired) electrons. The summed E-state index contributed by atoms with van der Waals surface area (Å²) in [5.41, 5.74) is 10.2. The number of hydrogen-bond donors (Lipinski definition) is 1. The van der Waals surface area contributed by atoms with E-state index in [4.69, 9.17) is 5.73 Å². The Morgan fingerprint density at radius 1 is 1.05 bits per heavy atom. The summed E-state index contributed by atoms with van der Waals surface area (Å²) in [6.45, 7) is 2.07. The summed E-state index contributed by atoms with van der Waals surface area (Å²) in [4.78, 5) is 0. The van der Waals surface area contributed by atoms with Gasteiger partial charge in [-0.25, -0.2) is 4.68 Å². The van der Waals surface area contributed by atoms with Crippen molar-refractivity contribution in [1.29, 1.82) is 0 Å². The van der Waals surface area contributed by atoms with Crippen LogP contribution in [-0.2, 0) is 0 Å². The van der Waals surface area contributed by atoms with Gasteiger partial charge in [0.1, 0.15) is 5.82 Å². The van der Waals surface area contributed by atoms with E-state index >= 15 is 0 Å². The zero-order chi connectivity index (χ0) is 14.1. The normalized spacial score (nSPS) is 10.7. The number of aromatic nitrogens is 2. The number of nitrogens with zero attached hydrogens (tertiary/aromatic N) is 2. The molecule has 0 saturated carbocycles. The SMILES string of the molecule is Cc1c(Br)cccc1-c1cc(N)n(-c2ccccc2)n1. The van der Waals surface area contributed by atoms with Gasteiger partial charge in [0, 0.05) is 16.1 Å². The summed E-state index contributed by atoms with van der Waals surface area (Å²) in [7, 11) is 0. The van der Waals surface area contributed by atoms with Crippen LogP contribution in [0.15, 0.2) is 59.1 Å². The molecule has 20 heavy (non-hydrogen) atoms. The fourth-order valence-corrected chi connectivity index (χ4v) is 2.55. The average Bonchev–Trinajstić information content (AvgIpc) is 2.85. The molecule has 0 saturated heterocycles. The highest BCUT2D eigenvalue weighted by atomic mass is 79.9. The molecular weight excluding hydrogens is 314 g/mol. The molecule has 0 atom stereocenters. The smallest absolute Gasteiger partial charge is 0.127 e. The van der Waals surface area contributed by atoms with Crippen molar-refractivity contribution in [2.45, 2.75) is 6.92 Å². The molecule has 0 amide bonds. The molecule has 1 heterocycles. The molecule has 1 aromatic heterocycles. The second-order valence-electron chi connectivity index (χ2n) is 4.61. The topological polar surface area (TPSA) is 43.8 Å². The molecule has 3 rings (SSSR count). The van der Waals surface area contributed by atoms with Crippen LogP contribution in [0.1, 0.15) is 5.56 Å². The molecule has 0 fully saturated rings. The molecule has 3 nitrogen and oxygen atoms in total. The quantitative estimate of drug-likeness (QED) is 0.766. The van der Waals surface area contributed by atoms with E-state index in [0.717, 1.165) is 27.0 Å². The Bertz CT molecular complexity index is 748. The number of nitrogen functional groups attached to an aromatic ring is 1. The van der Waals surface area contributed by atoms with Gasteiger partial charge in [-0.05, 0) is 30.7 Å².